The van der Waals surface area contributed by atoms with Gasteiger partial charge in [-0.3, -0.25) is 4.79 Å². The van der Waals surface area contributed by atoms with Crippen LogP contribution in [-0.2, 0) is 10.3 Å². The van der Waals surface area contributed by atoms with Gasteiger partial charge in [-0.15, -0.1) is 0 Å². The van der Waals surface area contributed by atoms with Crippen LogP contribution in [0.1, 0.15) is 29.9 Å². The third-order valence-electron chi connectivity index (χ3n) is 4.88. The fourth-order valence-electron chi connectivity index (χ4n) is 3.23. The number of nitrogens with one attached hydrogen (secondary N) is 2. The molecular formula is C20H20F4N4O3. The van der Waals surface area contributed by atoms with Gasteiger partial charge in [0.2, 0.25) is 6.10 Å². The molecular weight excluding hydrogens is 420 g/mol. The van der Waals surface area contributed by atoms with Gasteiger partial charge in [0.25, 0.3) is 5.91 Å². The van der Waals surface area contributed by atoms with Crippen molar-refractivity contribution in [2.45, 2.75) is 31.7 Å². The van der Waals surface area contributed by atoms with Crippen LogP contribution in [0, 0.1) is 5.82 Å². The van der Waals surface area contributed by atoms with Crippen molar-refractivity contribution in [3.05, 3.63) is 65.2 Å². The number of alkyl halides is 3. The topological polar surface area (TPSA) is 98.5 Å². The normalized spacial score (nSPS) is 21.2. The number of pyridine rings is 1. The first kappa shape index (κ1) is 22.2. The Bertz CT molecular complexity index is 1020. The first-order valence-corrected chi connectivity index (χ1v) is 9.05. The van der Waals surface area contributed by atoms with Gasteiger partial charge < -0.3 is 25.8 Å². The minimum Gasteiger partial charge on any atom is -0.495 e. The summed E-state index contributed by atoms with van der Waals surface area (Å²) in [7, 11) is 1.44. The van der Waals surface area contributed by atoms with Gasteiger partial charge in [0, 0.05) is 11.3 Å². The lowest BCUT2D eigenvalue weighted by Crippen LogP contribution is -2.60. The summed E-state index contributed by atoms with van der Waals surface area (Å²) in [6, 6.07) is 6.20. The summed E-state index contributed by atoms with van der Waals surface area (Å²) < 4.78 is 65.8. The quantitative estimate of drug-likeness (QED) is 0.631. The number of hydrogen-bond acceptors (Lipinski definition) is 6. The number of nitrogens with two attached hydrogens (primary N) is 1. The lowest BCUT2D eigenvalue weighted by molar-refractivity contribution is -0.237. The molecule has 4 N–H and O–H groups in total. The summed E-state index contributed by atoms with van der Waals surface area (Å²) in [5.74, 6) is -1.44. The van der Waals surface area contributed by atoms with Gasteiger partial charge in [-0.2, -0.15) is 13.2 Å². The van der Waals surface area contributed by atoms with Crippen LogP contribution >= 0.6 is 0 Å². The number of rotatable bonds is 4. The van der Waals surface area contributed by atoms with Crippen LogP contribution in [-0.4, -0.2) is 30.3 Å². The molecule has 1 aliphatic rings. The van der Waals surface area contributed by atoms with Crippen LogP contribution in [0.3, 0.4) is 0 Å². The van der Waals surface area contributed by atoms with Crippen LogP contribution in [0.4, 0.5) is 23.2 Å². The van der Waals surface area contributed by atoms with Crippen molar-refractivity contribution in [1.29, 1.82) is 0 Å². The van der Waals surface area contributed by atoms with Crippen LogP contribution < -0.4 is 21.1 Å². The molecule has 1 aromatic heterocycles. The number of benzene rings is 1. The van der Waals surface area contributed by atoms with Crippen LogP contribution in [0.2, 0.25) is 0 Å². The molecule has 2 unspecified atom stereocenters. The van der Waals surface area contributed by atoms with E-state index in [1.54, 1.807) is 0 Å². The second-order valence-electron chi connectivity index (χ2n) is 7.07. The number of hydrogen-bond donors (Lipinski definition) is 3. The molecule has 0 radical (unpaired) electrons. The number of aromatic nitrogens is 1. The third-order valence-corrected chi connectivity index (χ3v) is 4.88. The molecule has 2 heterocycles. The molecule has 11 heteroatoms. The second-order valence-corrected chi connectivity index (χ2v) is 7.07. The van der Waals surface area contributed by atoms with Crippen LogP contribution in [0.5, 0.6) is 5.75 Å². The van der Waals surface area contributed by atoms with Crippen molar-refractivity contribution in [2.75, 3.05) is 12.4 Å². The van der Waals surface area contributed by atoms with Crippen LogP contribution in [0.25, 0.3) is 0 Å². The Morgan fingerprint density at radius 1 is 1.32 bits per heavy atom. The van der Waals surface area contributed by atoms with Gasteiger partial charge in [0.1, 0.15) is 34.4 Å². The van der Waals surface area contributed by atoms with Gasteiger partial charge in [-0.25, -0.2) is 9.37 Å². The molecule has 7 nitrogen and oxygen atoms in total. The molecule has 2 aromatic rings. The number of carbonyl (C=O) groups excluding carboxylic acids is 1. The van der Waals surface area contributed by atoms with E-state index in [0.29, 0.717) is 5.75 Å². The second kappa shape index (κ2) is 7.97. The number of ether oxygens (including phenoxy) is 2. The van der Waals surface area contributed by atoms with E-state index in [9.17, 15) is 22.4 Å². The third kappa shape index (κ3) is 4.35. The molecule has 0 bridgehead atoms. The number of halogens is 4. The van der Waals surface area contributed by atoms with Crippen molar-refractivity contribution in [2.24, 2.45) is 5.73 Å². The van der Waals surface area contributed by atoms with Crippen molar-refractivity contribution >= 4 is 11.6 Å². The standard InChI is InChI=1S/C20H20F4N4O3/c1-10-16(25)28-19(2,18(31-10)20(22,23)24)13-8-11(4-6-14(13)21)27-17(29)15-7-5-12(30-3)9-26-15/h4-9,18,28H,25H2,1-3H3,(H,27,29). The van der Waals surface area contributed by atoms with Crippen molar-refractivity contribution in [3.8, 4) is 5.75 Å². The molecule has 3 rings (SSSR count). The van der Waals surface area contributed by atoms with Gasteiger partial charge in [-0.05, 0) is 44.2 Å². The van der Waals surface area contributed by atoms with Crippen LogP contribution in [0.15, 0.2) is 48.1 Å². The Hall–Kier alpha value is -3.50. The Labute approximate surface area is 175 Å². The highest BCUT2D eigenvalue weighted by Crippen LogP contribution is 2.42. The predicted octanol–water partition coefficient (Wildman–Crippen LogP) is 3.40. The zero-order chi connectivity index (χ0) is 23.0. The molecule has 1 amide bonds. The van der Waals surface area contributed by atoms with Gasteiger partial charge in [-0.1, -0.05) is 0 Å². The van der Waals surface area contributed by atoms with E-state index in [2.05, 4.69) is 15.6 Å². The molecule has 0 aliphatic carbocycles. The maximum Gasteiger partial charge on any atom is 0.428 e. The summed E-state index contributed by atoms with van der Waals surface area (Å²) in [6.45, 7) is 2.40. The Balaban J connectivity index is 1.96. The highest BCUT2D eigenvalue weighted by molar-refractivity contribution is 6.02. The van der Waals surface area contributed by atoms with E-state index in [1.165, 1.54) is 38.4 Å². The number of carbonyl (C=O) groups is 1. The fourth-order valence-corrected chi connectivity index (χ4v) is 3.23. The summed E-state index contributed by atoms with van der Waals surface area (Å²) in [4.78, 5) is 16.4. The molecule has 0 saturated carbocycles. The highest BCUT2D eigenvalue weighted by Gasteiger charge is 2.57. The molecule has 0 spiro atoms. The van der Waals surface area contributed by atoms with E-state index in [1.807, 2.05) is 0 Å². The summed E-state index contributed by atoms with van der Waals surface area (Å²) in [5, 5.41) is 5.01. The first-order valence-electron chi connectivity index (χ1n) is 9.05. The van der Waals surface area contributed by atoms with Gasteiger partial charge in [0.15, 0.2) is 0 Å². The Morgan fingerprint density at radius 3 is 2.61 bits per heavy atom. The molecule has 166 valence electrons. The smallest absolute Gasteiger partial charge is 0.428 e. The lowest BCUT2D eigenvalue weighted by Gasteiger charge is -2.44. The van der Waals surface area contributed by atoms with E-state index in [0.717, 1.165) is 19.1 Å². The van der Waals surface area contributed by atoms with Gasteiger partial charge in [0.05, 0.1) is 13.3 Å². The summed E-state index contributed by atoms with van der Waals surface area (Å²) in [6.07, 6.45) is -5.92. The number of nitrogens with zero attached hydrogens (tertiary/aromatic N) is 1. The molecule has 0 saturated heterocycles. The fraction of sp³-hybridized carbons (Fsp3) is 0.300. The van der Waals surface area contributed by atoms with Crippen molar-refractivity contribution in [3.63, 3.8) is 0 Å². The molecule has 2 atom stereocenters. The Kier molecular flexibility index (Phi) is 5.70. The number of anilines is 1. The van der Waals surface area contributed by atoms with Gasteiger partial charge >= 0.3 is 6.18 Å². The number of amides is 1. The number of allylic oxidation sites excluding steroid dienone is 1. The average molecular weight is 440 g/mol. The number of methoxy groups -OCH3 is 1. The van der Waals surface area contributed by atoms with E-state index in [-0.39, 0.29) is 28.5 Å². The largest absolute Gasteiger partial charge is 0.495 e. The minimum atomic E-state index is -4.83. The first-order chi connectivity index (χ1) is 14.5. The summed E-state index contributed by atoms with van der Waals surface area (Å²) >= 11 is 0. The summed E-state index contributed by atoms with van der Waals surface area (Å²) in [5.41, 5.74) is 3.35. The zero-order valence-electron chi connectivity index (χ0n) is 16.8. The predicted molar refractivity (Wildman–Crippen MR) is 103 cm³/mol. The Morgan fingerprint density at radius 2 is 2.03 bits per heavy atom. The van der Waals surface area contributed by atoms with E-state index in [4.69, 9.17) is 15.2 Å². The van der Waals surface area contributed by atoms with Crippen molar-refractivity contribution < 1.29 is 31.8 Å². The van der Waals surface area contributed by atoms with E-state index >= 15 is 0 Å². The maximum absolute atomic E-state index is 14.7. The molecule has 1 aromatic carbocycles. The minimum absolute atomic E-state index is 0.0352. The molecule has 0 fully saturated rings. The molecule has 31 heavy (non-hydrogen) atoms. The molecule has 1 aliphatic heterocycles. The highest BCUT2D eigenvalue weighted by atomic mass is 19.4. The van der Waals surface area contributed by atoms with E-state index < -0.39 is 29.5 Å². The maximum atomic E-state index is 14.7. The monoisotopic (exact) mass is 440 g/mol. The lowest BCUT2D eigenvalue weighted by atomic mass is 9.84. The average Bonchev–Trinajstić information content (AvgIpc) is 2.71. The van der Waals surface area contributed by atoms with Crippen molar-refractivity contribution in [1.82, 2.24) is 10.3 Å². The SMILES string of the molecule is COc1ccc(C(=O)Nc2ccc(F)c(C3(C)NC(N)=C(C)OC3C(F)(F)F)c2)nc1. The zero-order valence-corrected chi connectivity index (χ0v) is 16.8.